The maximum absolute atomic E-state index is 14.5. The minimum Gasteiger partial charge on any atom is -0.491 e. The van der Waals surface area contributed by atoms with Gasteiger partial charge in [0, 0.05) is 31.0 Å². The topological polar surface area (TPSA) is 154 Å². The van der Waals surface area contributed by atoms with Gasteiger partial charge >= 0.3 is 0 Å². The Labute approximate surface area is 308 Å². The highest BCUT2D eigenvalue weighted by Gasteiger charge is 2.40. The number of ether oxygens (including phenoxy) is 1. The van der Waals surface area contributed by atoms with Crippen LogP contribution < -0.4 is 20.7 Å². The normalized spacial score (nSPS) is 18.0. The van der Waals surface area contributed by atoms with Gasteiger partial charge in [-0.1, -0.05) is 90.1 Å². The second-order valence-electron chi connectivity index (χ2n) is 15.4. The Kier molecular flexibility index (Phi) is 15.2. The van der Waals surface area contributed by atoms with E-state index in [4.69, 9.17) is 4.74 Å². The van der Waals surface area contributed by atoms with Crippen LogP contribution in [0, 0.1) is 17.8 Å². The number of hydrogen-bond acceptors (Lipinski definition) is 7. The van der Waals surface area contributed by atoms with Crippen LogP contribution >= 0.6 is 0 Å². The van der Waals surface area contributed by atoms with Crippen LogP contribution in [0.25, 0.3) is 0 Å². The second-order valence-corrected chi connectivity index (χ2v) is 15.4. The lowest BCUT2D eigenvalue weighted by atomic mass is 9.83. The van der Waals surface area contributed by atoms with Crippen molar-refractivity contribution >= 4 is 29.9 Å². The first kappa shape index (κ1) is 40.5. The van der Waals surface area contributed by atoms with Crippen LogP contribution in [0.15, 0.2) is 48.5 Å². The summed E-state index contributed by atoms with van der Waals surface area (Å²) in [5, 5.41) is 20.3. The van der Waals surface area contributed by atoms with Crippen molar-refractivity contribution in [2.24, 2.45) is 17.8 Å². The molecule has 4 rings (SSSR count). The number of carbonyl (C=O) groups excluding carboxylic acids is 5. The van der Waals surface area contributed by atoms with Crippen LogP contribution in [-0.4, -0.2) is 77.3 Å². The maximum Gasteiger partial charge on any atom is 0.243 e. The maximum atomic E-state index is 14.5. The molecule has 0 saturated heterocycles. The molecule has 5 atom stereocenters. The molecule has 1 aliphatic carbocycles. The number of amides is 4. The van der Waals surface area contributed by atoms with E-state index >= 15 is 0 Å². The summed E-state index contributed by atoms with van der Waals surface area (Å²) >= 11 is 0. The number of carbonyl (C=O) groups is 5. The van der Waals surface area contributed by atoms with Gasteiger partial charge in [-0.05, 0) is 54.4 Å². The second kappa shape index (κ2) is 19.5. The first-order valence-corrected chi connectivity index (χ1v) is 19.0. The van der Waals surface area contributed by atoms with Gasteiger partial charge in [-0.25, -0.2) is 0 Å². The lowest BCUT2D eigenvalue weighted by molar-refractivity contribution is -0.143. The molecule has 0 spiro atoms. The molecule has 11 nitrogen and oxygen atoms in total. The Hall–Kier alpha value is -4.25. The molecule has 0 radical (unpaired) electrons. The monoisotopic (exact) mass is 718 g/mol. The van der Waals surface area contributed by atoms with Crippen molar-refractivity contribution in [1.82, 2.24) is 20.9 Å². The zero-order valence-electron chi connectivity index (χ0n) is 31.4. The molecule has 1 heterocycles. The number of aliphatic hydroxyl groups excluding tert-OH is 1. The fourth-order valence-electron chi connectivity index (χ4n) is 7.40. The molecule has 4 amide bonds. The molecule has 0 aromatic heterocycles. The molecular formula is C41H58N4O7. The molecule has 1 saturated carbocycles. The van der Waals surface area contributed by atoms with E-state index in [2.05, 4.69) is 16.0 Å². The van der Waals surface area contributed by atoms with Crippen molar-refractivity contribution in [3.05, 3.63) is 65.2 Å². The zero-order valence-corrected chi connectivity index (χ0v) is 31.4. The summed E-state index contributed by atoms with van der Waals surface area (Å²) in [5.74, 6) is -0.451. The molecule has 2 aromatic rings. The fraction of sp³-hybridized carbons (Fsp3) is 0.585. The highest BCUT2D eigenvalue weighted by molar-refractivity contribution is 5.92. The molecule has 284 valence electrons. The Morgan fingerprint density at radius 1 is 0.942 bits per heavy atom. The van der Waals surface area contributed by atoms with E-state index in [0.29, 0.717) is 42.2 Å². The molecule has 2 aliphatic rings. The van der Waals surface area contributed by atoms with Gasteiger partial charge in [0.1, 0.15) is 30.7 Å². The van der Waals surface area contributed by atoms with Gasteiger partial charge < -0.3 is 30.7 Å². The molecule has 11 heteroatoms. The van der Waals surface area contributed by atoms with E-state index < -0.39 is 42.1 Å². The van der Waals surface area contributed by atoms with E-state index in [1.807, 2.05) is 58.0 Å². The Bertz CT molecular complexity index is 1510. The first-order valence-electron chi connectivity index (χ1n) is 19.0. The highest BCUT2D eigenvalue weighted by atomic mass is 16.5. The molecule has 1 aliphatic heterocycles. The molecule has 3 unspecified atom stereocenters. The van der Waals surface area contributed by atoms with Gasteiger partial charge in [0.2, 0.25) is 23.6 Å². The summed E-state index contributed by atoms with van der Waals surface area (Å²) in [6.45, 7) is 9.91. The summed E-state index contributed by atoms with van der Waals surface area (Å²) in [7, 11) is 0. The first-order chi connectivity index (χ1) is 24.9. The van der Waals surface area contributed by atoms with Gasteiger partial charge in [0.25, 0.3) is 0 Å². The number of fused-ring (bicyclic) bond motifs is 1. The van der Waals surface area contributed by atoms with Crippen LogP contribution in [0.4, 0.5) is 0 Å². The SMILES string of the molecule is CC(=O)N(C1COc2ccc(C=O)cc21)[C@@H](Cc1ccccc1)C(=O)N[C@@H](CC(C)C)C(=O)NC(CC1CCCCC1)C(O)CC(=O)NCC(C)C. The number of nitrogens with zero attached hydrogens (tertiary/aromatic N) is 1. The summed E-state index contributed by atoms with van der Waals surface area (Å²) in [6.07, 6.45) is 5.83. The van der Waals surface area contributed by atoms with Crippen molar-refractivity contribution < 1.29 is 33.8 Å². The van der Waals surface area contributed by atoms with E-state index in [-0.39, 0.29) is 43.1 Å². The van der Waals surface area contributed by atoms with E-state index in [0.717, 1.165) is 44.0 Å². The quantitative estimate of drug-likeness (QED) is 0.160. The average molecular weight is 719 g/mol. The largest absolute Gasteiger partial charge is 0.491 e. The lowest BCUT2D eigenvalue weighted by Crippen LogP contribution is -2.58. The van der Waals surface area contributed by atoms with Gasteiger partial charge in [0.15, 0.2) is 0 Å². The van der Waals surface area contributed by atoms with Gasteiger partial charge in [-0.15, -0.1) is 0 Å². The Morgan fingerprint density at radius 2 is 1.65 bits per heavy atom. The minimum absolute atomic E-state index is 0.0212. The number of nitrogens with one attached hydrogen (secondary N) is 3. The van der Waals surface area contributed by atoms with Crippen LogP contribution in [0.5, 0.6) is 5.75 Å². The number of hydrogen-bond donors (Lipinski definition) is 4. The summed E-state index contributed by atoms with van der Waals surface area (Å²) in [5.41, 5.74) is 1.89. The van der Waals surface area contributed by atoms with Crippen molar-refractivity contribution in [3.8, 4) is 5.75 Å². The Morgan fingerprint density at radius 3 is 2.29 bits per heavy atom. The molecule has 52 heavy (non-hydrogen) atoms. The molecule has 1 fully saturated rings. The van der Waals surface area contributed by atoms with E-state index in [1.54, 1.807) is 18.2 Å². The zero-order chi connectivity index (χ0) is 37.8. The predicted octanol–water partition coefficient (Wildman–Crippen LogP) is 4.90. The smallest absolute Gasteiger partial charge is 0.243 e. The van der Waals surface area contributed by atoms with Crippen molar-refractivity contribution in [2.75, 3.05) is 13.2 Å². The van der Waals surface area contributed by atoms with Gasteiger partial charge in [0.05, 0.1) is 24.6 Å². The fourth-order valence-corrected chi connectivity index (χ4v) is 7.40. The summed E-state index contributed by atoms with van der Waals surface area (Å²) in [4.78, 5) is 68.1. The third-order valence-electron chi connectivity index (χ3n) is 10.1. The van der Waals surface area contributed by atoms with E-state index in [9.17, 15) is 29.1 Å². The van der Waals surface area contributed by atoms with Gasteiger partial charge in [-0.2, -0.15) is 0 Å². The summed E-state index contributed by atoms with van der Waals surface area (Å²) in [6, 6.07) is 11.1. The molecular weight excluding hydrogens is 660 g/mol. The van der Waals surface area contributed by atoms with Gasteiger partial charge in [-0.3, -0.25) is 24.0 Å². The summed E-state index contributed by atoms with van der Waals surface area (Å²) < 4.78 is 5.92. The lowest BCUT2D eigenvalue weighted by Gasteiger charge is -2.36. The number of aldehydes is 1. The predicted molar refractivity (Wildman–Crippen MR) is 199 cm³/mol. The minimum atomic E-state index is -1.11. The Balaban J connectivity index is 1.61. The average Bonchev–Trinajstić information content (AvgIpc) is 3.52. The van der Waals surface area contributed by atoms with Crippen LogP contribution in [0.2, 0.25) is 0 Å². The third kappa shape index (κ3) is 11.6. The van der Waals surface area contributed by atoms with Crippen LogP contribution in [0.1, 0.15) is 114 Å². The molecule has 2 aromatic carbocycles. The molecule has 4 N–H and O–H groups in total. The third-order valence-corrected chi connectivity index (χ3v) is 10.1. The number of benzene rings is 2. The number of rotatable bonds is 18. The van der Waals surface area contributed by atoms with Crippen LogP contribution in [-0.2, 0) is 25.6 Å². The number of aliphatic hydroxyl groups is 1. The highest BCUT2D eigenvalue weighted by Crippen LogP contribution is 2.38. The van der Waals surface area contributed by atoms with Crippen molar-refractivity contribution in [3.63, 3.8) is 0 Å². The standard InChI is InChI=1S/C41H58N4O7/c1-26(2)18-34(40(50)43-33(20-29-12-8-6-9-13-29)37(48)22-39(49)42-23-27(3)4)44-41(51)35(21-30-14-10-7-11-15-30)45(28(5)47)36-25-52-38-17-16-31(24-46)19-32(36)38/h7,10-11,14-17,19,24,26-27,29,33-37,48H,6,8-9,12-13,18,20-23,25H2,1-5H3,(H,42,49)(H,43,50)(H,44,51)/t33?,34-,35-,36?,37?/m0/s1. The van der Waals surface area contributed by atoms with Crippen LogP contribution in [0.3, 0.4) is 0 Å². The van der Waals surface area contributed by atoms with E-state index in [1.165, 1.54) is 11.8 Å². The molecule has 0 bridgehead atoms. The van der Waals surface area contributed by atoms with Crippen molar-refractivity contribution in [1.29, 1.82) is 0 Å². The van der Waals surface area contributed by atoms with Crippen molar-refractivity contribution in [2.45, 2.75) is 123 Å².